The van der Waals surface area contributed by atoms with Crippen LogP contribution in [-0.2, 0) is 11.8 Å². The number of esters is 1. The van der Waals surface area contributed by atoms with Gasteiger partial charge in [0.25, 0.3) is 0 Å². The number of Topliss-reactive ketones (excluding diaryl/α,β-unsaturated/α-hetero) is 1. The largest absolute Gasteiger partial charge is 0.478 e. The molecule has 4 heterocycles. The second kappa shape index (κ2) is 8.84. The number of aromatic carboxylic acids is 1. The van der Waals surface area contributed by atoms with Crippen LogP contribution in [0.15, 0.2) is 89.2 Å². The van der Waals surface area contributed by atoms with Crippen LogP contribution in [0.4, 0.5) is 0 Å². The Balaban J connectivity index is 1.28. The Bertz CT molecular complexity index is 1910. The molecule has 8 nitrogen and oxygen atoms in total. The molecule has 0 saturated carbocycles. The van der Waals surface area contributed by atoms with Crippen molar-refractivity contribution in [1.82, 2.24) is 4.57 Å². The highest BCUT2D eigenvalue weighted by Gasteiger charge is 2.39. The second-order valence-electron chi connectivity index (χ2n) is 9.82. The molecule has 2 aliphatic rings. The number of benzene rings is 3. The third kappa shape index (κ3) is 3.72. The van der Waals surface area contributed by atoms with Crippen LogP contribution in [0.2, 0.25) is 0 Å². The maximum absolute atomic E-state index is 13.4. The number of hydrogen-bond acceptors (Lipinski definition) is 6. The van der Waals surface area contributed by atoms with Crippen molar-refractivity contribution in [2.24, 2.45) is 7.05 Å². The van der Waals surface area contributed by atoms with Gasteiger partial charge in [0.15, 0.2) is 5.76 Å². The quantitative estimate of drug-likeness (QED) is 0.167. The Morgan fingerprint density at radius 3 is 2.58 bits per heavy atom. The molecule has 196 valence electrons. The molecule has 0 aliphatic carbocycles. The zero-order valence-corrected chi connectivity index (χ0v) is 21.2. The van der Waals surface area contributed by atoms with Gasteiger partial charge in [0.1, 0.15) is 23.0 Å². The molecular weight excluding hydrogens is 510 g/mol. The van der Waals surface area contributed by atoms with Crippen LogP contribution in [0.25, 0.3) is 28.3 Å². The number of furan rings is 1. The number of ketones is 1. The molecule has 40 heavy (non-hydrogen) atoms. The minimum Gasteiger partial charge on any atom is -0.478 e. The highest BCUT2D eigenvalue weighted by Crippen LogP contribution is 2.49. The van der Waals surface area contributed by atoms with Crippen LogP contribution in [-0.4, -0.2) is 27.4 Å². The van der Waals surface area contributed by atoms with Gasteiger partial charge in [0, 0.05) is 40.8 Å². The Morgan fingerprint density at radius 1 is 0.975 bits per heavy atom. The number of nitrogens with zero attached hydrogens (tertiary/aromatic N) is 1. The SMILES string of the molecule is Cn1cc(/C=C2\Oc3c(ccc4c3[C@@H](c3ccc(-c5ccc(C(=O)O)cc5)o3)CC(=O)O4)C2=O)c2ccccc21. The first-order chi connectivity index (χ1) is 19.4. The summed E-state index contributed by atoms with van der Waals surface area (Å²) in [7, 11) is 1.95. The molecule has 0 unspecified atom stereocenters. The molecule has 3 aromatic carbocycles. The Hall–Kier alpha value is -5.37. The standard InChI is InChI=1S/C32H21NO7/c1-33-16-19(20-4-2-3-5-23(20)33)14-27-30(35)21-10-11-26-29(31(21)40-27)22(15-28(34)39-26)25-13-12-24(38-25)17-6-8-18(9-7-17)32(36)37/h2-14,16,22H,15H2,1H3,(H,36,37)/b27-14-/t22-/m1/s1. The van der Waals surface area contributed by atoms with E-state index >= 15 is 0 Å². The number of aromatic nitrogens is 1. The highest BCUT2D eigenvalue weighted by molar-refractivity contribution is 6.15. The average Bonchev–Trinajstić information content (AvgIpc) is 3.65. The molecule has 1 N–H and O–H groups in total. The first kappa shape index (κ1) is 23.7. The molecule has 0 saturated heterocycles. The third-order valence-electron chi connectivity index (χ3n) is 7.38. The fraction of sp³-hybridized carbons (Fsp3) is 0.0938. The van der Waals surface area contributed by atoms with Gasteiger partial charge in [-0.3, -0.25) is 9.59 Å². The summed E-state index contributed by atoms with van der Waals surface area (Å²) in [4.78, 5) is 37.2. The molecule has 0 bridgehead atoms. The van der Waals surface area contributed by atoms with Gasteiger partial charge in [-0.15, -0.1) is 0 Å². The fourth-order valence-corrected chi connectivity index (χ4v) is 5.45. The number of para-hydroxylation sites is 1. The highest BCUT2D eigenvalue weighted by atomic mass is 16.5. The molecule has 0 amide bonds. The molecule has 7 rings (SSSR count). The molecule has 5 aromatic rings. The van der Waals surface area contributed by atoms with E-state index in [-0.39, 0.29) is 23.5 Å². The van der Waals surface area contributed by atoms with E-state index in [1.165, 1.54) is 12.1 Å². The maximum atomic E-state index is 13.4. The summed E-state index contributed by atoms with van der Waals surface area (Å²) >= 11 is 0. The number of carbonyl (C=O) groups excluding carboxylic acids is 2. The van der Waals surface area contributed by atoms with Crippen LogP contribution in [0, 0.1) is 0 Å². The lowest BCUT2D eigenvalue weighted by atomic mass is 9.88. The molecule has 2 aromatic heterocycles. The lowest BCUT2D eigenvalue weighted by molar-refractivity contribution is -0.135. The summed E-state index contributed by atoms with van der Waals surface area (Å²) in [5.74, 6) is -0.326. The van der Waals surface area contributed by atoms with Gasteiger partial charge >= 0.3 is 11.9 Å². The van der Waals surface area contributed by atoms with E-state index in [0.29, 0.717) is 39.7 Å². The smallest absolute Gasteiger partial charge is 0.335 e. The fourth-order valence-electron chi connectivity index (χ4n) is 5.45. The van der Waals surface area contributed by atoms with Gasteiger partial charge in [0.2, 0.25) is 5.78 Å². The Kier molecular flexibility index (Phi) is 5.25. The van der Waals surface area contributed by atoms with E-state index in [2.05, 4.69) is 0 Å². The van der Waals surface area contributed by atoms with Crippen LogP contribution >= 0.6 is 0 Å². The third-order valence-corrected chi connectivity index (χ3v) is 7.38. The number of carbonyl (C=O) groups is 3. The van der Waals surface area contributed by atoms with Gasteiger partial charge in [-0.05, 0) is 48.5 Å². The lowest BCUT2D eigenvalue weighted by Crippen LogP contribution is -2.21. The van der Waals surface area contributed by atoms with Gasteiger partial charge in [0.05, 0.1) is 23.5 Å². The number of hydrogen-bond donors (Lipinski definition) is 1. The number of rotatable bonds is 4. The summed E-state index contributed by atoms with van der Waals surface area (Å²) in [6.45, 7) is 0. The molecular formula is C32H21NO7. The summed E-state index contributed by atoms with van der Waals surface area (Å²) in [6, 6.07) is 21.0. The van der Waals surface area contributed by atoms with E-state index in [1.54, 1.807) is 42.5 Å². The van der Waals surface area contributed by atoms with Crippen molar-refractivity contribution < 1.29 is 33.4 Å². The number of carboxylic acids is 1. The molecule has 0 fully saturated rings. The average molecular weight is 532 g/mol. The van der Waals surface area contributed by atoms with E-state index in [0.717, 1.165) is 16.5 Å². The normalized spacial score (nSPS) is 17.0. The van der Waals surface area contributed by atoms with Crippen molar-refractivity contribution in [3.05, 3.63) is 113 Å². The lowest BCUT2D eigenvalue weighted by Gasteiger charge is -2.24. The monoisotopic (exact) mass is 531 g/mol. The van der Waals surface area contributed by atoms with Crippen molar-refractivity contribution >= 4 is 34.7 Å². The minimum absolute atomic E-state index is 0.00821. The Labute approximate surface area is 227 Å². The predicted molar refractivity (Wildman–Crippen MR) is 145 cm³/mol. The predicted octanol–water partition coefficient (Wildman–Crippen LogP) is 6.19. The van der Waals surface area contributed by atoms with Crippen molar-refractivity contribution in [2.75, 3.05) is 0 Å². The van der Waals surface area contributed by atoms with E-state index in [4.69, 9.17) is 13.9 Å². The number of aryl methyl sites for hydroxylation is 1. The van der Waals surface area contributed by atoms with Crippen molar-refractivity contribution in [3.63, 3.8) is 0 Å². The summed E-state index contributed by atoms with van der Waals surface area (Å²) in [5.41, 5.74) is 3.73. The van der Waals surface area contributed by atoms with Gasteiger partial charge in [-0.25, -0.2) is 4.79 Å². The zero-order chi connectivity index (χ0) is 27.5. The molecule has 1 atom stereocenters. The van der Waals surface area contributed by atoms with Gasteiger partial charge in [-0.2, -0.15) is 0 Å². The summed E-state index contributed by atoms with van der Waals surface area (Å²) in [6.07, 6.45) is 3.70. The van der Waals surface area contributed by atoms with E-state index < -0.39 is 17.9 Å². The molecule has 8 heteroatoms. The second-order valence-corrected chi connectivity index (χ2v) is 9.82. The van der Waals surface area contributed by atoms with Crippen molar-refractivity contribution in [3.8, 4) is 22.8 Å². The van der Waals surface area contributed by atoms with Gasteiger partial charge < -0.3 is 23.6 Å². The van der Waals surface area contributed by atoms with E-state index in [1.807, 2.05) is 42.1 Å². The summed E-state index contributed by atoms with van der Waals surface area (Å²) in [5, 5.41) is 10.2. The minimum atomic E-state index is -1.01. The maximum Gasteiger partial charge on any atom is 0.335 e. The molecule has 0 radical (unpaired) electrons. The molecule has 0 spiro atoms. The van der Waals surface area contributed by atoms with Crippen LogP contribution in [0.1, 0.15) is 49.9 Å². The van der Waals surface area contributed by atoms with Crippen LogP contribution < -0.4 is 9.47 Å². The molecule has 2 aliphatic heterocycles. The van der Waals surface area contributed by atoms with E-state index in [9.17, 15) is 19.5 Å². The first-order valence-electron chi connectivity index (χ1n) is 12.7. The zero-order valence-electron chi connectivity index (χ0n) is 21.2. The van der Waals surface area contributed by atoms with Crippen molar-refractivity contribution in [1.29, 1.82) is 0 Å². The summed E-state index contributed by atoms with van der Waals surface area (Å²) < 4.78 is 19.9. The van der Waals surface area contributed by atoms with Crippen molar-refractivity contribution in [2.45, 2.75) is 12.3 Å². The Morgan fingerprint density at radius 2 is 1.77 bits per heavy atom. The number of ether oxygens (including phenoxy) is 2. The number of carboxylic acid groups (broad SMARTS) is 1. The number of fused-ring (bicyclic) bond motifs is 4. The van der Waals surface area contributed by atoms with Gasteiger partial charge in [-0.1, -0.05) is 30.3 Å². The first-order valence-corrected chi connectivity index (χ1v) is 12.7. The number of allylic oxidation sites excluding steroid dienone is 1. The van der Waals surface area contributed by atoms with Crippen LogP contribution in [0.5, 0.6) is 11.5 Å². The van der Waals surface area contributed by atoms with Crippen LogP contribution in [0.3, 0.4) is 0 Å². The topological polar surface area (TPSA) is 108 Å².